The van der Waals surface area contributed by atoms with Crippen LogP contribution in [-0.2, 0) is 0 Å². The molecule has 18 heavy (non-hydrogen) atoms. The van der Waals surface area contributed by atoms with E-state index >= 15 is 0 Å². The first-order chi connectivity index (χ1) is 8.61. The van der Waals surface area contributed by atoms with Crippen LogP contribution in [0.1, 0.15) is 5.56 Å². The van der Waals surface area contributed by atoms with E-state index in [-0.39, 0.29) is 27.9 Å². The van der Waals surface area contributed by atoms with E-state index in [0.717, 1.165) is 6.07 Å². The lowest BCUT2D eigenvalue weighted by atomic mass is 10.3. The topological polar surface area (TPSA) is 71.9 Å². The minimum absolute atomic E-state index is 0.0205. The van der Waals surface area contributed by atoms with Crippen molar-refractivity contribution < 1.29 is 9.13 Å². The summed E-state index contributed by atoms with van der Waals surface area (Å²) in [5.41, 5.74) is 5.60. The quantitative estimate of drug-likeness (QED) is 0.845. The lowest BCUT2D eigenvalue weighted by Crippen LogP contribution is -1.94. The molecule has 1 aromatic heterocycles. The van der Waals surface area contributed by atoms with Crippen molar-refractivity contribution in [2.45, 2.75) is 0 Å². The average Bonchev–Trinajstić information content (AvgIpc) is 2.36. The molecule has 4 nitrogen and oxygen atoms in total. The number of nitrogens with zero attached hydrogens (tertiary/aromatic N) is 2. The van der Waals surface area contributed by atoms with E-state index in [1.54, 1.807) is 0 Å². The molecule has 0 bridgehead atoms. The summed E-state index contributed by atoms with van der Waals surface area (Å²) in [5.74, 6) is -0.355. The summed E-state index contributed by atoms with van der Waals surface area (Å²) >= 11 is 5.90. The largest absolute Gasteiger partial charge is 0.437 e. The summed E-state index contributed by atoms with van der Waals surface area (Å²) in [6.45, 7) is 0. The van der Waals surface area contributed by atoms with Crippen LogP contribution in [0.2, 0.25) is 5.02 Å². The molecule has 0 unspecified atom stereocenters. The fourth-order valence-electron chi connectivity index (χ4n) is 1.27. The van der Waals surface area contributed by atoms with E-state index in [1.807, 2.05) is 6.07 Å². The molecule has 2 N–H and O–H groups in total. The Labute approximate surface area is 107 Å². The third-order valence-electron chi connectivity index (χ3n) is 2.16. The molecule has 0 saturated carbocycles. The first-order valence-corrected chi connectivity index (χ1v) is 5.27. The van der Waals surface area contributed by atoms with E-state index in [0.29, 0.717) is 0 Å². The van der Waals surface area contributed by atoms with Crippen molar-refractivity contribution in [2.75, 3.05) is 5.73 Å². The van der Waals surface area contributed by atoms with E-state index in [4.69, 9.17) is 27.3 Å². The second-order valence-corrected chi connectivity index (χ2v) is 3.75. The maximum absolute atomic E-state index is 13.2. The van der Waals surface area contributed by atoms with Gasteiger partial charge in [0, 0.05) is 12.3 Å². The van der Waals surface area contributed by atoms with Crippen molar-refractivity contribution in [1.82, 2.24) is 4.98 Å². The van der Waals surface area contributed by atoms with E-state index in [2.05, 4.69) is 4.98 Å². The molecule has 6 heteroatoms. The monoisotopic (exact) mass is 263 g/mol. The molecule has 0 aliphatic heterocycles. The Morgan fingerprint density at radius 1 is 1.39 bits per heavy atom. The highest BCUT2D eigenvalue weighted by molar-refractivity contribution is 6.33. The molecule has 90 valence electrons. The highest BCUT2D eigenvalue weighted by Crippen LogP contribution is 2.30. The fraction of sp³-hybridized carbons (Fsp3) is 0. The van der Waals surface area contributed by atoms with Gasteiger partial charge in [-0.1, -0.05) is 11.6 Å². The van der Waals surface area contributed by atoms with E-state index < -0.39 is 5.82 Å². The van der Waals surface area contributed by atoms with E-state index in [1.165, 1.54) is 24.4 Å². The SMILES string of the molecule is N#Cc1ccnc(Oc2ccc(N)c(F)c2)c1Cl. The zero-order valence-electron chi connectivity index (χ0n) is 9.02. The Balaban J connectivity index is 2.35. The van der Waals surface area contributed by atoms with Crippen LogP contribution in [0.25, 0.3) is 0 Å². The Morgan fingerprint density at radius 3 is 2.83 bits per heavy atom. The number of nitriles is 1. The van der Waals surface area contributed by atoms with Crippen molar-refractivity contribution >= 4 is 17.3 Å². The van der Waals surface area contributed by atoms with Crippen LogP contribution < -0.4 is 10.5 Å². The van der Waals surface area contributed by atoms with Crippen LogP contribution in [0.4, 0.5) is 10.1 Å². The summed E-state index contributed by atoms with van der Waals surface area (Å²) in [4.78, 5) is 3.88. The number of aromatic nitrogens is 1. The van der Waals surface area contributed by atoms with Gasteiger partial charge >= 0.3 is 0 Å². The summed E-state index contributed by atoms with van der Waals surface area (Å²) in [7, 11) is 0. The summed E-state index contributed by atoms with van der Waals surface area (Å²) in [6, 6.07) is 7.32. The van der Waals surface area contributed by atoms with Gasteiger partial charge in [0.15, 0.2) is 0 Å². The third-order valence-corrected chi connectivity index (χ3v) is 2.53. The van der Waals surface area contributed by atoms with Crippen molar-refractivity contribution in [3.05, 3.63) is 46.9 Å². The molecule has 0 radical (unpaired) electrons. The van der Waals surface area contributed by atoms with Gasteiger partial charge in [-0.3, -0.25) is 0 Å². The van der Waals surface area contributed by atoms with Crippen molar-refractivity contribution in [3.63, 3.8) is 0 Å². The number of ether oxygens (including phenoxy) is 1. The molecular formula is C12H7ClFN3O. The highest BCUT2D eigenvalue weighted by atomic mass is 35.5. The van der Waals surface area contributed by atoms with Gasteiger partial charge in [0.1, 0.15) is 22.7 Å². The molecule has 1 heterocycles. The average molecular weight is 264 g/mol. The summed E-state index contributed by atoms with van der Waals surface area (Å²) < 4.78 is 18.5. The maximum Gasteiger partial charge on any atom is 0.239 e. The molecule has 0 spiro atoms. The Kier molecular flexibility index (Phi) is 3.31. The first kappa shape index (κ1) is 12.1. The Bertz CT molecular complexity index is 640. The number of nitrogens with two attached hydrogens (primary N) is 1. The minimum Gasteiger partial charge on any atom is -0.437 e. The highest BCUT2D eigenvalue weighted by Gasteiger charge is 2.10. The minimum atomic E-state index is -0.597. The van der Waals surface area contributed by atoms with Gasteiger partial charge in [-0.2, -0.15) is 5.26 Å². The molecule has 0 fully saturated rings. The summed E-state index contributed by atoms with van der Waals surface area (Å²) in [6.07, 6.45) is 1.38. The molecule has 2 aromatic rings. The van der Waals surface area contributed by atoms with Crippen molar-refractivity contribution in [3.8, 4) is 17.7 Å². The zero-order valence-corrected chi connectivity index (χ0v) is 9.78. The van der Waals surface area contributed by atoms with Crippen LogP contribution >= 0.6 is 11.6 Å². The van der Waals surface area contributed by atoms with Gasteiger partial charge < -0.3 is 10.5 Å². The van der Waals surface area contributed by atoms with Crippen LogP contribution in [0.5, 0.6) is 11.6 Å². The van der Waals surface area contributed by atoms with Gasteiger partial charge in [0.05, 0.1) is 11.3 Å². The van der Waals surface area contributed by atoms with Gasteiger partial charge in [-0.15, -0.1) is 0 Å². The number of pyridine rings is 1. The predicted molar refractivity (Wildman–Crippen MR) is 64.8 cm³/mol. The van der Waals surface area contributed by atoms with Crippen LogP contribution in [0, 0.1) is 17.1 Å². The molecule has 0 aliphatic rings. The lowest BCUT2D eigenvalue weighted by Gasteiger charge is -2.07. The van der Waals surface area contributed by atoms with E-state index in [9.17, 15) is 4.39 Å². The van der Waals surface area contributed by atoms with Crippen LogP contribution in [0.15, 0.2) is 30.5 Å². The second kappa shape index (κ2) is 4.90. The van der Waals surface area contributed by atoms with Crippen LogP contribution in [0.3, 0.4) is 0 Å². The number of halogens is 2. The first-order valence-electron chi connectivity index (χ1n) is 4.89. The number of rotatable bonds is 2. The molecule has 1 aromatic carbocycles. The number of hydrogen-bond donors (Lipinski definition) is 1. The zero-order chi connectivity index (χ0) is 13.1. The number of anilines is 1. The predicted octanol–water partition coefficient (Wildman–Crippen LogP) is 3.12. The smallest absolute Gasteiger partial charge is 0.239 e. The number of nitrogen functional groups attached to an aromatic ring is 1. The maximum atomic E-state index is 13.2. The third kappa shape index (κ3) is 2.34. The molecule has 0 saturated heterocycles. The Hall–Kier alpha value is -2.32. The van der Waals surface area contributed by atoms with Gasteiger partial charge in [0.25, 0.3) is 0 Å². The normalized spacial score (nSPS) is 9.83. The molecular weight excluding hydrogens is 257 g/mol. The van der Waals surface area contributed by atoms with Crippen LogP contribution in [-0.4, -0.2) is 4.98 Å². The molecule has 0 atom stereocenters. The fourth-order valence-corrected chi connectivity index (χ4v) is 1.46. The number of benzene rings is 1. The molecule has 2 rings (SSSR count). The molecule has 0 amide bonds. The standard InChI is InChI=1S/C12H7ClFN3O/c13-11-7(6-15)3-4-17-12(11)18-8-1-2-10(16)9(14)5-8/h1-5H,16H2. The Morgan fingerprint density at radius 2 is 2.17 bits per heavy atom. The number of hydrogen-bond acceptors (Lipinski definition) is 4. The second-order valence-electron chi connectivity index (χ2n) is 3.37. The molecule has 0 aliphatic carbocycles. The van der Waals surface area contributed by atoms with Crippen molar-refractivity contribution in [2.24, 2.45) is 0 Å². The van der Waals surface area contributed by atoms with Gasteiger partial charge in [-0.05, 0) is 18.2 Å². The van der Waals surface area contributed by atoms with Crippen molar-refractivity contribution in [1.29, 1.82) is 5.26 Å². The summed E-state index contributed by atoms with van der Waals surface area (Å²) in [5, 5.41) is 8.88. The lowest BCUT2D eigenvalue weighted by molar-refractivity contribution is 0.458. The van der Waals surface area contributed by atoms with Gasteiger partial charge in [-0.25, -0.2) is 9.37 Å². The van der Waals surface area contributed by atoms with Gasteiger partial charge in [0.2, 0.25) is 5.88 Å².